The van der Waals surface area contributed by atoms with Crippen LogP contribution in [0.4, 0.5) is 14.8 Å². The molecule has 0 aliphatic rings. The normalized spacial score (nSPS) is 10.4. The van der Waals surface area contributed by atoms with Crippen molar-refractivity contribution < 1.29 is 13.3 Å². The van der Waals surface area contributed by atoms with Crippen LogP contribution in [0.25, 0.3) is 0 Å². The van der Waals surface area contributed by atoms with Crippen LogP contribution >= 0.6 is 0 Å². The minimum Gasteiger partial charge on any atom is -0.341 e. The molecule has 0 aliphatic heterocycles. The van der Waals surface area contributed by atoms with E-state index in [0.717, 1.165) is 6.07 Å². The molecule has 6 heteroatoms. The summed E-state index contributed by atoms with van der Waals surface area (Å²) in [7, 11) is 1.64. The third kappa shape index (κ3) is 2.33. The highest BCUT2D eigenvalue weighted by Crippen LogP contribution is 2.12. The first-order chi connectivity index (χ1) is 7.67. The minimum absolute atomic E-state index is 0.222. The SMILES string of the molecule is CNc1nc(Cc2cc(F)cc(F)c2)no1. The van der Waals surface area contributed by atoms with Crippen LogP contribution in [0.1, 0.15) is 11.4 Å². The van der Waals surface area contributed by atoms with Crippen LogP contribution < -0.4 is 5.32 Å². The van der Waals surface area contributed by atoms with E-state index in [9.17, 15) is 8.78 Å². The molecule has 0 radical (unpaired) electrons. The Kier molecular flexibility index (Phi) is 2.80. The van der Waals surface area contributed by atoms with Crippen molar-refractivity contribution in [2.75, 3.05) is 12.4 Å². The molecule has 0 amide bonds. The Bertz CT molecular complexity index is 478. The van der Waals surface area contributed by atoms with Crippen LogP contribution in [0, 0.1) is 11.6 Å². The zero-order chi connectivity index (χ0) is 11.5. The number of aromatic nitrogens is 2. The van der Waals surface area contributed by atoms with Crippen LogP contribution in [0.5, 0.6) is 0 Å². The maximum Gasteiger partial charge on any atom is 0.321 e. The van der Waals surface area contributed by atoms with Crippen molar-refractivity contribution in [3.05, 3.63) is 41.2 Å². The number of hydrogen-bond donors (Lipinski definition) is 1. The van der Waals surface area contributed by atoms with E-state index in [4.69, 9.17) is 4.52 Å². The first-order valence-electron chi connectivity index (χ1n) is 4.62. The van der Waals surface area contributed by atoms with Gasteiger partial charge in [-0.3, -0.25) is 0 Å². The predicted molar refractivity (Wildman–Crippen MR) is 53.0 cm³/mol. The lowest BCUT2D eigenvalue weighted by Gasteiger charge is -1.97. The average molecular weight is 225 g/mol. The summed E-state index contributed by atoms with van der Waals surface area (Å²) < 4.78 is 30.6. The van der Waals surface area contributed by atoms with Gasteiger partial charge in [0.05, 0.1) is 0 Å². The van der Waals surface area contributed by atoms with Gasteiger partial charge in [-0.25, -0.2) is 8.78 Å². The van der Waals surface area contributed by atoms with E-state index in [1.165, 1.54) is 12.1 Å². The molecule has 0 fully saturated rings. The van der Waals surface area contributed by atoms with Crippen molar-refractivity contribution in [2.45, 2.75) is 6.42 Å². The molecule has 84 valence electrons. The van der Waals surface area contributed by atoms with Crippen molar-refractivity contribution in [2.24, 2.45) is 0 Å². The van der Waals surface area contributed by atoms with E-state index in [0.29, 0.717) is 11.4 Å². The monoisotopic (exact) mass is 225 g/mol. The van der Waals surface area contributed by atoms with Crippen molar-refractivity contribution in [1.29, 1.82) is 0 Å². The van der Waals surface area contributed by atoms with E-state index >= 15 is 0 Å². The van der Waals surface area contributed by atoms with E-state index < -0.39 is 11.6 Å². The number of halogens is 2. The van der Waals surface area contributed by atoms with Crippen LogP contribution in [0.3, 0.4) is 0 Å². The number of benzene rings is 1. The number of nitrogens with zero attached hydrogens (tertiary/aromatic N) is 2. The molecule has 1 aromatic heterocycles. The third-order valence-corrected chi connectivity index (χ3v) is 1.97. The van der Waals surface area contributed by atoms with Crippen molar-refractivity contribution in [1.82, 2.24) is 10.1 Å². The Labute approximate surface area is 90.3 Å². The Morgan fingerprint density at radius 3 is 2.50 bits per heavy atom. The fraction of sp³-hybridized carbons (Fsp3) is 0.200. The largest absolute Gasteiger partial charge is 0.341 e. The Hall–Kier alpha value is -1.98. The van der Waals surface area contributed by atoms with Crippen molar-refractivity contribution in [3.63, 3.8) is 0 Å². The first-order valence-corrected chi connectivity index (χ1v) is 4.62. The predicted octanol–water partition coefficient (Wildman–Crippen LogP) is 1.98. The van der Waals surface area contributed by atoms with Gasteiger partial charge in [0.25, 0.3) is 0 Å². The number of hydrogen-bond acceptors (Lipinski definition) is 4. The van der Waals surface area contributed by atoms with E-state index in [1.807, 2.05) is 0 Å². The zero-order valence-corrected chi connectivity index (χ0v) is 8.50. The molecule has 0 spiro atoms. The van der Waals surface area contributed by atoms with E-state index in [1.54, 1.807) is 7.05 Å². The molecule has 1 aromatic carbocycles. The minimum atomic E-state index is -0.618. The van der Waals surface area contributed by atoms with Gasteiger partial charge in [-0.15, -0.1) is 0 Å². The van der Waals surface area contributed by atoms with Crippen LogP contribution in [0.2, 0.25) is 0 Å². The lowest BCUT2D eigenvalue weighted by atomic mass is 10.1. The van der Waals surface area contributed by atoms with Gasteiger partial charge < -0.3 is 9.84 Å². The average Bonchev–Trinajstić information content (AvgIpc) is 2.64. The standard InChI is InChI=1S/C10H9F2N3O/c1-13-10-14-9(15-16-10)4-6-2-7(11)5-8(12)3-6/h2-3,5H,4H2,1H3,(H,13,14,15). The van der Waals surface area contributed by atoms with Gasteiger partial charge >= 0.3 is 6.01 Å². The summed E-state index contributed by atoms with van der Waals surface area (Å²) in [6.07, 6.45) is 0.222. The van der Waals surface area contributed by atoms with Gasteiger partial charge in [0.2, 0.25) is 0 Å². The van der Waals surface area contributed by atoms with Crippen LogP contribution in [-0.4, -0.2) is 17.2 Å². The highest BCUT2D eigenvalue weighted by atomic mass is 19.1. The zero-order valence-electron chi connectivity index (χ0n) is 8.50. The summed E-state index contributed by atoms with van der Waals surface area (Å²) in [6, 6.07) is 3.56. The first kappa shape index (κ1) is 10.5. The highest BCUT2D eigenvalue weighted by Gasteiger charge is 2.07. The summed E-state index contributed by atoms with van der Waals surface area (Å²) >= 11 is 0. The molecule has 0 bridgehead atoms. The van der Waals surface area contributed by atoms with Gasteiger partial charge in [-0.1, -0.05) is 5.16 Å². The third-order valence-electron chi connectivity index (χ3n) is 1.97. The molecule has 0 saturated heterocycles. The molecule has 0 unspecified atom stereocenters. The second kappa shape index (κ2) is 4.26. The quantitative estimate of drug-likeness (QED) is 0.867. The molecule has 16 heavy (non-hydrogen) atoms. The fourth-order valence-corrected chi connectivity index (χ4v) is 1.32. The molecule has 0 saturated carbocycles. The molecule has 2 aromatic rings. The number of anilines is 1. The number of nitrogens with one attached hydrogen (secondary N) is 1. The topological polar surface area (TPSA) is 51.0 Å². The summed E-state index contributed by atoms with van der Waals surface area (Å²) in [5.41, 5.74) is 0.459. The molecule has 4 nitrogen and oxygen atoms in total. The molecule has 1 heterocycles. The molecule has 2 rings (SSSR count). The summed E-state index contributed by atoms with van der Waals surface area (Å²) in [6.45, 7) is 0. The second-order valence-electron chi connectivity index (χ2n) is 3.22. The maximum absolute atomic E-state index is 12.9. The van der Waals surface area contributed by atoms with E-state index in [2.05, 4.69) is 15.5 Å². The smallest absolute Gasteiger partial charge is 0.321 e. The molecule has 0 aliphatic carbocycles. The van der Waals surface area contributed by atoms with E-state index in [-0.39, 0.29) is 12.4 Å². The van der Waals surface area contributed by atoms with Gasteiger partial charge in [0.1, 0.15) is 11.6 Å². The second-order valence-corrected chi connectivity index (χ2v) is 3.22. The maximum atomic E-state index is 12.9. The summed E-state index contributed by atoms with van der Waals surface area (Å²) in [4.78, 5) is 3.95. The molecule has 0 atom stereocenters. The Balaban J connectivity index is 2.19. The lowest BCUT2D eigenvalue weighted by molar-refractivity contribution is 0.425. The Morgan fingerprint density at radius 1 is 1.25 bits per heavy atom. The number of rotatable bonds is 3. The summed E-state index contributed by atoms with van der Waals surface area (Å²) in [5, 5.41) is 6.32. The molecular weight excluding hydrogens is 216 g/mol. The molecule has 1 N–H and O–H groups in total. The van der Waals surface area contributed by atoms with Gasteiger partial charge in [-0.05, 0) is 17.7 Å². The summed E-state index contributed by atoms with van der Waals surface area (Å²) in [5.74, 6) is -0.867. The van der Waals surface area contributed by atoms with Crippen LogP contribution in [-0.2, 0) is 6.42 Å². The van der Waals surface area contributed by atoms with Crippen molar-refractivity contribution >= 4 is 6.01 Å². The lowest BCUT2D eigenvalue weighted by Crippen LogP contribution is -1.94. The van der Waals surface area contributed by atoms with Crippen LogP contribution in [0.15, 0.2) is 22.7 Å². The molecular formula is C10H9F2N3O. The Morgan fingerprint density at radius 2 is 1.94 bits per heavy atom. The van der Waals surface area contributed by atoms with Crippen molar-refractivity contribution in [3.8, 4) is 0 Å². The van der Waals surface area contributed by atoms with Gasteiger partial charge in [0.15, 0.2) is 5.82 Å². The highest BCUT2D eigenvalue weighted by molar-refractivity contribution is 5.23. The van der Waals surface area contributed by atoms with Gasteiger partial charge in [0, 0.05) is 19.5 Å². The fourth-order valence-electron chi connectivity index (χ4n) is 1.32. The van der Waals surface area contributed by atoms with Gasteiger partial charge in [-0.2, -0.15) is 4.98 Å².